The molecule has 1 fully saturated rings. The highest BCUT2D eigenvalue weighted by atomic mass is 16.6. The fourth-order valence-electron chi connectivity index (χ4n) is 2.37. The topological polar surface area (TPSA) is 133 Å². The minimum absolute atomic E-state index is 0.223. The Hall–Kier alpha value is -2.42. The summed E-state index contributed by atoms with van der Waals surface area (Å²) in [6.45, 7) is 1.93. The average Bonchev–Trinajstić information content (AvgIpc) is 3.03. The normalized spacial score (nSPS) is 17.2. The molecule has 9 heteroatoms. The maximum absolute atomic E-state index is 12.1. The molecule has 1 aromatic rings. The molecular formula is C14H19N3O6. The van der Waals surface area contributed by atoms with Gasteiger partial charge in [-0.15, -0.1) is 0 Å². The van der Waals surface area contributed by atoms with Crippen molar-refractivity contribution in [2.24, 2.45) is 0 Å². The van der Waals surface area contributed by atoms with Gasteiger partial charge >= 0.3 is 11.7 Å². The van der Waals surface area contributed by atoms with Crippen molar-refractivity contribution in [3.8, 4) is 0 Å². The second-order valence-corrected chi connectivity index (χ2v) is 5.20. The highest BCUT2D eigenvalue weighted by molar-refractivity contribution is 6.01. The van der Waals surface area contributed by atoms with E-state index in [1.165, 1.54) is 0 Å². The van der Waals surface area contributed by atoms with Gasteiger partial charge < -0.3 is 15.2 Å². The monoisotopic (exact) mass is 325 g/mol. The number of Topliss-reactive ketones (excluding diaryl/α,β-unsaturated/α-hetero) is 1. The molecule has 1 saturated heterocycles. The van der Waals surface area contributed by atoms with E-state index in [4.69, 9.17) is 15.2 Å². The second kappa shape index (κ2) is 7.23. The molecule has 9 nitrogen and oxygen atoms in total. The van der Waals surface area contributed by atoms with Crippen LogP contribution in [0.25, 0.3) is 0 Å². The van der Waals surface area contributed by atoms with Crippen molar-refractivity contribution in [1.82, 2.24) is 9.55 Å². The number of aromatic amines is 1. The lowest BCUT2D eigenvalue weighted by molar-refractivity contribution is -0.153. The van der Waals surface area contributed by atoms with Crippen molar-refractivity contribution in [3.63, 3.8) is 0 Å². The zero-order valence-corrected chi connectivity index (χ0v) is 12.8. The third kappa shape index (κ3) is 3.67. The number of nitrogens with two attached hydrogens (primary N) is 1. The Morgan fingerprint density at radius 2 is 2.17 bits per heavy atom. The number of hydrogen-bond donors (Lipinski definition) is 2. The van der Waals surface area contributed by atoms with Crippen LogP contribution in [0.3, 0.4) is 0 Å². The number of nitrogen functional groups attached to an aromatic ring is 1. The molecule has 3 N–H and O–H groups in total. The number of nitrogens with zero attached hydrogens (tertiary/aromatic N) is 1. The van der Waals surface area contributed by atoms with Crippen molar-refractivity contribution in [2.45, 2.75) is 38.8 Å². The van der Waals surface area contributed by atoms with Crippen molar-refractivity contribution < 1.29 is 19.1 Å². The molecule has 23 heavy (non-hydrogen) atoms. The van der Waals surface area contributed by atoms with Crippen LogP contribution in [0, 0.1) is 0 Å². The number of H-pyrrole nitrogens is 1. The van der Waals surface area contributed by atoms with Gasteiger partial charge in [-0.25, -0.2) is 9.59 Å². The summed E-state index contributed by atoms with van der Waals surface area (Å²) in [5.74, 6) is -1.63. The number of carbonyl (C=O) groups is 2. The molecule has 1 aliphatic heterocycles. The molecule has 2 heterocycles. The highest BCUT2D eigenvalue weighted by Gasteiger charge is 2.27. The van der Waals surface area contributed by atoms with Crippen LogP contribution in [0.2, 0.25) is 0 Å². The first kappa shape index (κ1) is 16.9. The van der Waals surface area contributed by atoms with Gasteiger partial charge in [-0.2, -0.15) is 0 Å². The Morgan fingerprint density at radius 3 is 2.78 bits per heavy atom. The summed E-state index contributed by atoms with van der Waals surface area (Å²) in [6.07, 6.45) is 1.21. The van der Waals surface area contributed by atoms with Crippen molar-refractivity contribution in [2.75, 3.05) is 18.9 Å². The molecule has 0 amide bonds. The number of ketones is 1. The predicted molar refractivity (Wildman–Crippen MR) is 80.3 cm³/mol. The first-order valence-electron chi connectivity index (χ1n) is 7.39. The molecule has 0 aliphatic carbocycles. The molecular weight excluding hydrogens is 306 g/mol. The van der Waals surface area contributed by atoms with Crippen LogP contribution in [0.15, 0.2) is 9.59 Å². The average molecular weight is 325 g/mol. The smallest absolute Gasteiger partial charge is 0.335 e. The molecule has 1 atom stereocenters. The highest BCUT2D eigenvalue weighted by Crippen LogP contribution is 2.13. The number of carbonyl (C=O) groups excluding carboxylic acids is 2. The zero-order valence-electron chi connectivity index (χ0n) is 12.8. The molecule has 126 valence electrons. The largest absolute Gasteiger partial charge is 0.455 e. The third-order valence-corrected chi connectivity index (χ3v) is 3.50. The Balaban J connectivity index is 2.15. The fourth-order valence-corrected chi connectivity index (χ4v) is 2.37. The van der Waals surface area contributed by atoms with E-state index in [2.05, 4.69) is 0 Å². The molecule has 0 unspecified atom stereocenters. The number of hydrogen-bond acceptors (Lipinski definition) is 7. The summed E-state index contributed by atoms with van der Waals surface area (Å²) in [5.41, 5.74) is 3.81. The molecule has 0 aromatic carbocycles. The number of anilines is 1. The van der Waals surface area contributed by atoms with Crippen LogP contribution in [-0.4, -0.2) is 40.6 Å². The van der Waals surface area contributed by atoms with E-state index in [1.807, 2.05) is 11.9 Å². The summed E-state index contributed by atoms with van der Waals surface area (Å²) in [4.78, 5) is 49.4. The standard InChI is InChI=1S/C14H19N3O6/c1-2-5-17-11(15)10(12(19)16-14(17)21)8(18)7-23-13(20)9-4-3-6-22-9/h9H,2-7,15H2,1H3,(H,16,19,21)/t9-/m0/s1. The van der Waals surface area contributed by atoms with E-state index in [-0.39, 0.29) is 17.9 Å². The number of nitrogens with one attached hydrogen (secondary N) is 1. The number of rotatable bonds is 6. The minimum Gasteiger partial charge on any atom is -0.455 e. The van der Waals surface area contributed by atoms with Gasteiger partial charge in [0.2, 0.25) is 5.78 Å². The van der Waals surface area contributed by atoms with E-state index >= 15 is 0 Å². The lowest BCUT2D eigenvalue weighted by Gasteiger charge is -2.12. The number of ether oxygens (including phenoxy) is 2. The Labute approximate surface area is 131 Å². The summed E-state index contributed by atoms with van der Waals surface area (Å²) in [5, 5.41) is 0. The molecule has 0 saturated carbocycles. The Bertz CT molecular complexity index is 714. The van der Waals surface area contributed by atoms with E-state index in [9.17, 15) is 19.2 Å². The maximum Gasteiger partial charge on any atom is 0.335 e. The Morgan fingerprint density at radius 1 is 1.43 bits per heavy atom. The molecule has 1 aromatic heterocycles. The lowest BCUT2D eigenvalue weighted by Crippen LogP contribution is -2.37. The second-order valence-electron chi connectivity index (χ2n) is 5.20. The van der Waals surface area contributed by atoms with Crippen LogP contribution in [0.4, 0.5) is 5.82 Å². The number of aromatic nitrogens is 2. The van der Waals surface area contributed by atoms with E-state index in [0.717, 1.165) is 11.0 Å². The third-order valence-electron chi connectivity index (χ3n) is 3.50. The molecule has 0 bridgehead atoms. The first-order chi connectivity index (χ1) is 11.0. The van der Waals surface area contributed by atoms with Gasteiger partial charge in [0.05, 0.1) is 0 Å². The van der Waals surface area contributed by atoms with E-state index in [1.54, 1.807) is 0 Å². The van der Waals surface area contributed by atoms with Gasteiger partial charge in [0.1, 0.15) is 11.4 Å². The number of esters is 1. The van der Waals surface area contributed by atoms with Gasteiger partial charge in [-0.3, -0.25) is 19.1 Å². The fraction of sp³-hybridized carbons (Fsp3) is 0.571. The summed E-state index contributed by atoms with van der Waals surface area (Å²) in [6, 6.07) is 0. The van der Waals surface area contributed by atoms with Gasteiger partial charge in [-0.1, -0.05) is 6.92 Å². The molecule has 0 radical (unpaired) electrons. The summed E-state index contributed by atoms with van der Waals surface area (Å²) in [7, 11) is 0. The molecule has 2 rings (SSSR count). The van der Waals surface area contributed by atoms with Crippen molar-refractivity contribution >= 4 is 17.6 Å². The van der Waals surface area contributed by atoms with Gasteiger partial charge in [-0.05, 0) is 19.3 Å². The van der Waals surface area contributed by atoms with Crippen LogP contribution in [0.5, 0.6) is 0 Å². The molecule has 1 aliphatic rings. The van der Waals surface area contributed by atoms with Gasteiger partial charge in [0, 0.05) is 13.2 Å². The Kier molecular flexibility index (Phi) is 5.32. The lowest BCUT2D eigenvalue weighted by atomic mass is 10.2. The molecule has 0 spiro atoms. The quantitative estimate of drug-likeness (QED) is 0.528. The van der Waals surface area contributed by atoms with Crippen LogP contribution in [-0.2, 0) is 20.8 Å². The zero-order chi connectivity index (χ0) is 17.0. The van der Waals surface area contributed by atoms with Crippen LogP contribution in [0.1, 0.15) is 36.5 Å². The van der Waals surface area contributed by atoms with Gasteiger partial charge in [0.15, 0.2) is 12.7 Å². The first-order valence-corrected chi connectivity index (χ1v) is 7.39. The van der Waals surface area contributed by atoms with Crippen LogP contribution >= 0.6 is 0 Å². The van der Waals surface area contributed by atoms with Crippen molar-refractivity contribution in [1.29, 1.82) is 0 Å². The van der Waals surface area contributed by atoms with Gasteiger partial charge in [0.25, 0.3) is 5.56 Å². The van der Waals surface area contributed by atoms with Crippen molar-refractivity contribution in [3.05, 3.63) is 26.4 Å². The van der Waals surface area contributed by atoms with E-state index in [0.29, 0.717) is 19.4 Å². The SMILES string of the molecule is CCCn1c(N)c(C(=O)COC(=O)[C@@H]2CCCO2)c(=O)[nH]c1=O. The van der Waals surface area contributed by atoms with E-state index < -0.39 is 35.7 Å². The van der Waals surface area contributed by atoms with Crippen LogP contribution < -0.4 is 17.0 Å². The summed E-state index contributed by atoms with van der Waals surface area (Å²) >= 11 is 0. The summed E-state index contributed by atoms with van der Waals surface area (Å²) < 4.78 is 11.1. The maximum atomic E-state index is 12.1. The minimum atomic E-state index is -0.891. The predicted octanol–water partition coefficient (Wildman–Crippen LogP) is -0.566.